The standard InChI is InChI=1S/C18H20N2O3/c1-3-20(18(21)15-6-4-5-13(2)19-15)12-14-7-8-16-17(11-14)23-10-9-22-16/h4-8,11H,3,9-10,12H2,1-2H3. The smallest absolute Gasteiger partial charge is 0.272 e. The molecule has 0 atom stereocenters. The van der Waals surface area contributed by atoms with Crippen molar-refractivity contribution in [2.75, 3.05) is 19.8 Å². The minimum Gasteiger partial charge on any atom is -0.486 e. The van der Waals surface area contributed by atoms with Crippen molar-refractivity contribution in [1.29, 1.82) is 0 Å². The first-order chi connectivity index (χ1) is 11.2. The molecule has 120 valence electrons. The van der Waals surface area contributed by atoms with Crippen LogP contribution in [0.1, 0.15) is 28.7 Å². The van der Waals surface area contributed by atoms with Crippen LogP contribution in [0.15, 0.2) is 36.4 Å². The van der Waals surface area contributed by atoms with E-state index < -0.39 is 0 Å². The number of hydrogen-bond acceptors (Lipinski definition) is 4. The molecule has 5 nitrogen and oxygen atoms in total. The van der Waals surface area contributed by atoms with Crippen LogP contribution in [-0.2, 0) is 6.54 Å². The summed E-state index contributed by atoms with van der Waals surface area (Å²) in [6.07, 6.45) is 0. The summed E-state index contributed by atoms with van der Waals surface area (Å²) in [7, 11) is 0. The first-order valence-corrected chi connectivity index (χ1v) is 7.79. The van der Waals surface area contributed by atoms with E-state index in [2.05, 4.69) is 4.98 Å². The van der Waals surface area contributed by atoms with Crippen molar-refractivity contribution in [2.24, 2.45) is 0 Å². The summed E-state index contributed by atoms with van der Waals surface area (Å²) in [5, 5.41) is 0. The number of hydrogen-bond donors (Lipinski definition) is 0. The molecule has 0 radical (unpaired) electrons. The number of carbonyl (C=O) groups is 1. The van der Waals surface area contributed by atoms with E-state index >= 15 is 0 Å². The number of amides is 1. The number of ether oxygens (including phenoxy) is 2. The second-order valence-corrected chi connectivity index (χ2v) is 5.46. The van der Waals surface area contributed by atoms with Crippen LogP contribution in [0.2, 0.25) is 0 Å². The Morgan fingerprint density at radius 1 is 1.17 bits per heavy atom. The lowest BCUT2D eigenvalue weighted by atomic mass is 10.1. The second kappa shape index (κ2) is 6.69. The number of carbonyl (C=O) groups excluding carboxylic acids is 1. The molecule has 0 unspecified atom stereocenters. The average Bonchev–Trinajstić information content (AvgIpc) is 2.59. The van der Waals surface area contributed by atoms with Gasteiger partial charge in [-0.2, -0.15) is 0 Å². The van der Waals surface area contributed by atoms with E-state index in [1.165, 1.54) is 0 Å². The molecule has 1 aliphatic heterocycles. The highest BCUT2D eigenvalue weighted by molar-refractivity contribution is 5.92. The van der Waals surface area contributed by atoms with Crippen LogP contribution in [-0.4, -0.2) is 35.5 Å². The minimum absolute atomic E-state index is 0.0638. The summed E-state index contributed by atoms with van der Waals surface area (Å²) >= 11 is 0. The molecule has 1 amide bonds. The first kappa shape index (κ1) is 15.3. The van der Waals surface area contributed by atoms with Gasteiger partial charge in [0.15, 0.2) is 11.5 Å². The number of rotatable bonds is 4. The summed E-state index contributed by atoms with van der Waals surface area (Å²) in [5.74, 6) is 1.44. The van der Waals surface area contributed by atoms with Gasteiger partial charge in [0.1, 0.15) is 18.9 Å². The Balaban J connectivity index is 1.78. The number of aromatic nitrogens is 1. The molecular weight excluding hydrogens is 292 g/mol. The number of fused-ring (bicyclic) bond motifs is 1. The highest BCUT2D eigenvalue weighted by atomic mass is 16.6. The Morgan fingerprint density at radius 3 is 2.70 bits per heavy atom. The quantitative estimate of drug-likeness (QED) is 0.871. The molecule has 0 saturated heterocycles. The number of benzene rings is 1. The lowest BCUT2D eigenvalue weighted by Crippen LogP contribution is -2.31. The van der Waals surface area contributed by atoms with E-state index in [0.717, 1.165) is 22.8 Å². The molecule has 2 heterocycles. The minimum atomic E-state index is -0.0638. The third-order valence-electron chi connectivity index (χ3n) is 3.76. The van der Waals surface area contributed by atoms with Gasteiger partial charge in [0.05, 0.1) is 0 Å². The van der Waals surface area contributed by atoms with Gasteiger partial charge >= 0.3 is 0 Å². The molecule has 0 bridgehead atoms. The third kappa shape index (κ3) is 3.44. The SMILES string of the molecule is CCN(Cc1ccc2c(c1)OCCO2)C(=O)c1cccc(C)n1. The zero-order chi connectivity index (χ0) is 16.2. The molecule has 1 aliphatic rings. The topological polar surface area (TPSA) is 51.7 Å². The molecule has 0 N–H and O–H groups in total. The van der Waals surface area contributed by atoms with Crippen molar-refractivity contribution in [3.05, 3.63) is 53.3 Å². The van der Waals surface area contributed by atoms with Crippen LogP contribution < -0.4 is 9.47 Å². The summed E-state index contributed by atoms with van der Waals surface area (Å²) < 4.78 is 11.1. The fraction of sp³-hybridized carbons (Fsp3) is 0.333. The predicted octanol–water partition coefficient (Wildman–Crippen LogP) is 2.82. The summed E-state index contributed by atoms with van der Waals surface area (Å²) in [6.45, 7) is 6.11. The molecule has 5 heteroatoms. The van der Waals surface area contributed by atoms with Gasteiger partial charge in [0.25, 0.3) is 5.91 Å². The van der Waals surface area contributed by atoms with Crippen molar-refractivity contribution in [2.45, 2.75) is 20.4 Å². The van der Waals surface area contributed by atoms with Gasteiger partial charge in [-0.3, -0.25) is 4.79 Å². The second-order valence-electron chi connectivity index (χ2n) is 5.46. The lowest BCUT2D eigenvalue weighted by Gasteiger charge is -2.23. The van der Waals surface area contributed by atoms with E-state index in [0.29, 0.717) is 32.0 Å². The molecule has 1 aromatic carbocycles. The van der Waals surface area contributed by atoms with Crippen LogP contribution in [0.4, 0.5) is 0 Å². The van der Waals surface area contributed by atoms with Crippen LogP contribution >= 0.6 is 0 Å². The van der Waals surface area contributed by atoms with Gasteiger partial charge < -0.3 is 14.4 Å². The maximum atomic E-state index is 12.6. The Labute approximate surface area is 135 Å². The van der Waals surface area contributed by atoms with Crippen LogP contribution in [0.25, 0.3) is 0 Å². The zero-order valence-electron chi connectivity index (χ0n) is 13.4. The Hall–Kier alpha value is -2.56. The molecule has 0 aliphatic carbocycles. The fourth-order valence-electron chi connectivity index (χ4n) is 2.56. The number of aryl methyl sites for hydroxylation is 1. The maximum absolute atomic E-state index is 12.6. The normalized spacial score (nSPS) is 12.8. The third-order valence-corrected chi connectivity index (χ3v) is 3.76. The van der Waals surface area contributed by atoms with Gasteiger partial charge in [-0.25, -0.2) is 4.98 Å². The lowest BCUT2D eigenvalue weighted by molar-refractivity contribution is 0.0746. The monoisotopic (exact) mass is 312 g/mol. The molecule has 2 aromatic rings. The van der Waals surface area contributed by atoms with E-state index in [9.17, 15) is 4.79 Å². The Bertz CT molecular complexity index is 715. The molecular formula is C18H20N2O3. The molecule has 1 aromatic heterocycles. The van der Waals surface area contributed by atoms with Gasteiger partial charge in [0, 0.05) is 18.8 Å². The van der Waals surface area contributed by atoms with E-state index in [-0.39, 0.29) is 5.91 Å². The molecule has 0 spiro atoms. The van der Waals surface area contributed by atoms with E-state index in [1.807, 2.05) is 44.2 Å². The van der Waals surface area contributed by atoms with Gasteiger partial charge in [-0.05, 0) is 43.7 Å². The highest BCUT2D eigenvalue weighted by Gasteiger charge is 2.18. The number of nitrogens with zero attached hydrogens (tertiary/aromatic N) is 2. The number of pyridine rings is 1. The Kier molecular flexibility index (Phi) is 4.46. The van der Waals surface area contributed by atoms with Crippen LogP contribution in [0.5, 0.6) is 11.5 Å². The van der Waals surface area contributed by atoms with Crippen LogP contribution in [0.3, 0.4) is 0 Å². The average molecular weight is 312 g/mol. The zero-order valence-corrected chi connectivity index (χ0v) is 13.4. The van der Waals surface area contributed by atoms with Crippen molar-refractivity contribution >= 4 is 5.91 Å². The Morgan fingerprint density at radius 2 is 1.96 bits per heavy atom. The van der Waals surface area contributed by atoms with Crippen molar-refractivity contribution < 1.29 is 14.3 Å². The molecule has 3 rings (SSSR count). The molecule has 0 saturated carbocycles. The molecule has 0 fully saturated rings. The van der Waals surface area contributed by atoms with E-state index in [4.69, 9.17) is 9.47 Å². The molecule has 23 heavy (non-hydrogen) atoms. The first-order valence-electron chi connectivity index (χ1n) is 7.79. The highest BCUT2D eigenvalue weighted by Crippen LogP contribution is 2.31. The van der Waals surface area contributed by atoms with Crippen molar-refractivity contribution in [1.82, 2.24) is 9.88 Å². The van der Waals surface area contributed by atoms with Gasteiger partial charge in [-0.1, -0.05) is 12.1 Å². The summed E-state index contributed by atoms with van der Waals surface area (Å²) in [4.78, 5) is 18.7. The van der Waals surface area contributed by atoms with Crippen molar-refractivity contribution in [3.8, 4) is 11.5 Å². The van der Waals surface area contributed by atoms with Gasteiger partial charge in [-0.15, -0.1) is 0 Å². The predicted molar refractivity (Wildman–Crippen MR) is 86.8 cm³/mol. The largest absolute Gasteiger partial charge is 0.486 e. The van der Waals surface area contributed by atoms with Crippen molar-refractivity contribution in [3.63, 3.8) is 0 Å². The maximum Gasteiger partial charge on any atom is 0.272 e. The van der Waals surface area contributed by atoms with Gasteiger partial charge in [0.2, 0.25) is 0 Å². The summed E-state index contributed by atoms with van der Waals surface area (Å²) in [5.41, 5.74) is 2.33. The van der Waals surface area contributed by atoms with E-state index in [1.54, 1.807) is 11.0 Å². The summed E-state index contributed by atoms with van der Waals surface area (Å²) in [6, 6.07) is 11.3. The van der Waals surface area contributed by atoms with Crippen LogP contribution in [0, 0.1) is 6.92 Å². The fourth-order valence-corrected chi connectivity index (χ4v) is 2.56.